The zero-order valence-corrected chi connectivity index (χ0v) is 18.6. The van der Waals surface area contributed by atoms with Crippen molar-refractivity contribution in [3.63, 3.8) is 0 Å². The van der Waals surface area contributed by atoms with E-state index in [0.29, 0.717) is 31.4 Å². The third kappa shape index (κ3) is 7.00. The van der Waals surface area contributed by atoms with Crippen LogP contribution in [0.5, 0.6) is 5.75 Å². The van der Waals surface area contributed by atoms with Crippen molar-refractivity contribution in [2.75, 3.05) is 31.2 Å². The molecule has 0 aliphatic carbocycles. The first-order chi connectivity index (χ1) is 13.1. The Morgan fingerprint density at radius 2 is 1.96 bits per heavy atom. The van der Waals surface area contributed by atoms with E-state index in [0.717, 1.165) is 12.3 Å². The number of benzene rings is 1. The summed E-state index contributed by atoms with van der Waals surface area (Å²) in [5.41, 5.74) is 1.04. The van der Waals surface area contributed by atoms with Crippen molar-refractivity contribution in [1.29, 1.82) is 0 Å². The van der Waals surface area contributed by atoms with Gasteiger partial charge in [0.15, 0.2) is 15.8 Å². The SMILES string of the molecule is CCNC(=NCC(C)(C)c1ccc(OCC(C)C)cc1)NC1CCS(=O)(=O)C1. The summed E-state index contributed by atoms with van der Waals surface area (Å²) >= 11 is 0. The van der Waals surface area contributed by atoms with Crippen molar-refractivity contribution < 1.29 is 13.2 Å². The van der Waals surface area contributed by atoms with Gasteiger partial charge in [-0.2, -0.15) is 0 Å². The van der Waals surface area contributed by atoms with Crippen LogP contribution in [0.25, 0.3) is 0 Å². The molecule has 28 heavy (non-hydrogen) atoms. The molecule has 0 radical (unpaired) electrons. The molecule has 1 aromatic rings. The summed E-state index contributed by atoms with van der Waals surface area (Å²) < 4.78 is 29.1. The normalized spacial score (nSPS) is 19.6. The van der Waals surface area contributed by atoms with E-state index in [1.807, 2.05) is 19.1 Å². The largest absolute Gasteiger partial charge is 0.493 e. The average molecular weight is 410 g/mol. The van der Waals surface area contributed by atoms with Gasteiger partial charge < -0.3 is 15.4 Å². The van der Waals surface area contributed by atoms with E-state index in [1.165, 1.54) is 5.56 Å². The highest BCUT2D eigenvalue weighted by atomic mass is 32.2. The molecule has 2 rings (SSSR count). The minimum absolute atomic E-state index is 0.0664. The van der Waals surface area contributed by atoms with E-state index in [2.05, 4.69) is 50.5 Å². The Morgan fingerprint density at radius 1 is 1.29 bits per heavy atom. The van der Waals surface area contributed by atoms with Crippen LogP contribution in [0.3, 0.4) is 0 Å². The quantitative estimate of drug-likeness (QED) is 0.510. The number of guanidine groups is 1. The maximum absolute atomic E-state index is 11.7. The van der Waals surface area contributed by atoms with E-state index in [-0.39, 0.29) is 23.0 Å². The van der Waals surface area contributed by atoms with Crippen LogP contribution in [0.15, 0.2) is 29.3 Å². The van der Waals surface area contributed by atoms with E-state index < -0.39 is 9.84 Å². The molecule has 0 aromatic heterocycles. The van der Waals surface area contributed by atoms with Gasteiger partial charge in [0.2, 0.25) is 0 Å². The molecule has 0 saturated carbocycles. The molecule has 1 heterocycles. The van der Waals surface area contributed by atoms with Gasteiger partial charge in [-0.25, -0.2) is 8.42 Å². The Hall–Kier alpha value is -1.76. The van der Waals surface area contributed by atoms with Gasteiger partial charge in [0.25, 0.3) is 0 Å². The van der Waals surface area contributed by atoms with Crippen LogP contribution in [0.2, 0.25) is 0 Å². The summed E-state index contributed by atoms with van der Waals surface area (Å²) in [7, 11) is -2.91. The van der Waals surface area contributed by atoms with Crippen LogP contribution in [0.1, 0.15) is 46.6 Å². The Balaban J connectivity index is 2.01. The lowest BCUT2D eigenvalue weighted by Crippen LogP contribution is -2.44. The molecule has 1 unspecified atom stereocenters. The average Bonchev–Trinajstić information content (AvgIpc) is 2.97. The molecule has 1 saturated heterocycles. The predicted octanol–water partition coefficient (Wildman–Crippen LogP) is 2.74. The summed E-state index contributed by atoms with van der Waals surface area (Å²) in [5.74, 6) is 2.49. The van der Waals surface area contributed by atoms with Crippen LogP contribution >= 0.6 is 0 Å². The monoisotopic (exact) mass is 409 g/mol. The maximum Gasteiger partial charge on any atom is 0.191 e. The lowest BCUT2D eigenvalue weighted by atomic mass is 9.85. The van der Waals surface area contributed by atoms with Gasteiger partial charge in [0, 0.05) is 18.0 Å². The number of aliphatic imine (C=N–C) groups is 1. The molecule has 1 aromatic carbocycles. The van der Waals surface area contributed by atoms with E-state index in [4.69, 9.17) is 9.73 Å². The summed E-state index contributed by atoms with van der Waals surface area (Å²) in [5, 5.41) is 6.49. The molecule has 7 heteroatoms. The molecule has 0 bridgehead atoms. The molecule has 1 aliphatic rings. The van der Waals surface area contributed by atoms with Crippen molar-refractivity contribution in [2.24, 2.45) is 10.9 Å². The van der Waals surface area contributed by atoms with Crippen molar-refractivity contribution in [2.45, 2.75) is 52.5 Å². The van der Waals surface area contributed by atoms with Crippen molar-refractivity contribution >= 4 is 15.8 Å². The van der Waals surface area contributed by atoms with Gasteiger partial charge in [0.1, 0.15) is 5.75 Å². The fourth-order valence-electron chi connectivity index (χ4n) is 3.06. The number of rotatable bonds is 8. The molecule has 1 aliphatic heterocycles. The number of hydrogen-bond acceptors (Lipinski definition) is 4. The minimum Gasteiger partial charge on any atom is -0.493 e. The van der Waals surface area contributed by atoms with Gasteiger partial charge in [-0.3, -0.25) is 4.99 Å². The number of nitrogens with zero attached hydrogens (tertiary/aromatic N) is 1. The maximum atomic E-state index is 11.7. The molecular weight excluding hydrogens is 374 g/mol. The second kappa shape index (κ2) is 9.63. The number of nitrogens with one attached hydrogen (secondary N) is 2. The summed E-state index contributed by atoms with van der Waals surface area (Å²) in [6, 6.07) is 8.14. The molecule has 158 valence electrons. The van der Waals surface area contributed by atoms with Crippen LogP contribution < -0.4 is 15.4 Å². The second-order valence-electron chi connectivity index (χ2n) is 8.55. The number of ether oxygens (including phenoxy) is 1. The van der Waals surface area contributed by atoms with Gasteiger partial charge in [-0.1, -0.05) is 39.8 Å². The highest BCUT2D eigenvalue weighted by Gasteiger charge is 2.28. The van der Waals surface area contributed by atoms with E-state index in [9.17, 15) is 8.42 Å². The summed E-state index contributed by atoms with van der Waals surface area (Å²) in [6.07, 6.45) is 0.633. The third-order valence-corrected chi connectivity index (χ3v) is 6.54. The van der Waals surface area contributed by atoms with Crippen molar-refractivity contribution in [3.8, 4) is 5.75 Å². The van der Waals surface area contributed by atoms with Crippen LogP contribution in [-0.2, 0) is 15.3 Å². The standard InChI is InChI=1S/C21H35N3O3S/c1-6-22-20(24-18-11-12-28(25,26)14-18)23-15-21(4,5)17-7-9-19(10-8-17)27-13-16(2)3/h7-10,16,18H,6,11-15H2,1-5H3,(H2,22,23,24). The minimum atomic E-state index is -2.91. The second-order valence-corrected chi connectivity index (χ2v) is 10.8. The Kier molecular flexibility index (Phi) is 7.75. The van der Waals surface area contributed by atoms with Crippen LogP contribution in [0, 0.1) is 5.92 Å². The molecule has 6 nitrogen and oxygen atoms in total. The fraction of sp³-hybridized carbons (Fsp3) is 0.667. The zero-order chi connectivity index (χ0) is 20.8. The molecular formula is C21H35N3O3S. The third-order valence-electron chi connectivity index (χ3n) is 4.77. The summed E-state index contributed by atoms with van der Waals surface area (Å²) in [4.78, 5) is 4.72. The summed E-state index contributed by atoms with van der Waals surface area (Å²) in [6.45, 7) is 12.6. The van der Waals surface area contributed by atoms with Gasteiger partial charge in [-0.15, -0.1) is 0 Å². The van der Waals surface area contributed by atoms with Gasteiger partial charge >= 0.3 is 0 Å². The zero-order valence-electron chi connectivity index (χ0n) is 17.8. The van der Waals surface area contributed by atoms with E-state index >= 15 is 0 Å². The van der Waals surface area contributed by atoms with E-state index in [1.54, 1.807) is 0 Å². The molecule has 0 amide bonds. The Labute approximate surface area is 170 Å². The number of sulfone groups is 1. The lowest BCUT2D eigenvalue weighted by molar-refractivity contribution is 0.271. The molecule has 0 spiro atoms. The first kappa shape index (κ1) is 22.5. The van der Waals surface area contributed by atoms with Crippen molar-refractivity contribution in [1.82, 2.24) is 10.6 Å². The first-order valence-corrected chi connectivity index (χ1v) is 11.9. The highest BCUT2D eigenvalue weighted by Crippen LogP contribution is 2.26. The van der Waals surface area contributed by atoms with Crippen molar-refractivity contribution in [3.05, 3.63) is 29.8 Å². The molecule has 1 fully saturated rings. The van der Waals surface area contributed by atoms with Gasteiger partial charge in [0.05, 0.1) is 24.7 Å². The van der Waals surface area contributed by atoms with Crippen LogP contribution in [0.4, 0.5) is 0 Å². The smallest absolute Gasteiger partial charge is 0.191 e. The topological polar surface area (TPSA) is 79.8 Å². The Morgan fingerprint density at radius 3 is 2.50 bits per heavy atom. The fourth-order valence-corrected chi connectivity index (χ4v) is 4.73. The lowest BCUT2D eigenvalue weighted by Gasteiger charge is -2.25. The Bertz CT molecular complexity index is 756. The molecule has 1 atom stereocenters. The number of hydrogen-bond donors (Lipinski definition) is 2. The first-order valence-electron chi connectivity index (χ1n) is 10.1. The highest BCUT2D eigenvalue weighted by molar-refractivity contribution is 7.91. The molecule has 2 N–H and O–H groups in total. The van der Waals surface area contributed by atoms with Gasteiger partial charge in [-0.05, 0) is 37.0 Å². The van der Waals surface area contributed by atoms with Crippen LogP contribution in [-0.4, -0.2) is 51.6 Å². The predicted molar refractivity (Wildman–Crippen MR) is 116 cm³/mol.